The molecule has 0 bridgehead atoms. The molecule has 2 heterocycles. The summed E-state index contributed by atoms with van der Waals surface area (Å²) in [4.78, 5) is 12.0. The Kier molecular flexibility index (Phi) is 5.65. The van der Waals surface area contributed by atoms with E-state index < -0.39 is 0 Å². The van der Waals surface area contributed by atoms with Crippen LogP contribution in [0.4, 0.5) is 0 Å². The van der Waals surface area contributed by atoms with Crippen molar-refractivity contribution in [2.24, 2.45) is 0 Å². The van der Waals surface area contributed by atoms with Gasteiger partial charge >= 0.3 is 0 Å². The van der Waals surface area contributed by atoms with Crippen LogP contribution < -0.4 is 5.32 Å². The second kappa shape index (κ2) is 7.69. The SMILES string of the molecule is COCCn1cnnc1[C@@H](C)NC(=O)CCn1cc(C)cn1. The number of nitrogens with one attached hydrogen (secondary N) is 1. The highest BCUT2D eigenvalue weighted by molar-refractivity contribution is 5.76. The van der Waals surface area contributed by atoms with E-state index >= 15 is 0 Å². The Morgan fingerprint density at radius 2 is 2.27 bits per heavy atom. The quantitative estimate of drug-likeness (QED) is 0.775. The molecule has 1 atom stereocenters. The lowest BCUT2D eigenvalue weighted by Crippen LogP contribution is -2.29. The van der Waals surface area contributed by atoms with Crippen molar-refractivity contribution in [3.8, 4) is 0 Å². The maximum absolute atomic E-state index is 12.0. The average molecular weight is 306 g/mol. The number of nitrogens with zero attached hydrogens (tertiary/aromatic N) is 5. The number of hydrogen-bond donors (Lipinski definition) is 1. The zero-order valence-electron chi connectivity index (χ0n) is 13.2. The van der Waals surface area contributed by atoms with Crippen LogP contribution in [0.3, 0.4) is 0 Å². The monoisotopic (exact) mass is 306 g/mol. The van der Waals surface area contributed by atoms with E-state index in [1.165, 1.54) is 0 Å². The van der Waals surface area contributed by atoms with Crippen LogP contribution in [0.25, 0.3) is 0 Å². The van der Waals surface area contributed by atoms with E-state index in [2.05, 4.69) is 20.6 Å². The molecular weight excluding hydrogens is 284 g/mol. The van der Waals surface area contributed by atoms with Crippen molar-refractivity contribution >= 4 is 5.91 Å². The molecule has 0 aromatic carbocycles. The van der Waals surface area contributed by atoms with Gasteiger partial charge in [-0.05, 0) is 19.4 Å². The summed E-state index contributed by atoms with van der Waals surface area (Å²) >= 11 is 0. The fraction of sp³-hybridized carbons (Fsp3) is 0.571. The Labute approximate surface area is 129 Å². The third-order valence-corrected chi connectivity index (χ3v) is 3.28. The molecule has 0 unspecified atom stereocenters. The number of methoxy groups -OCH3 is 1. The lowest BCUT2D eigenvalue weighted by Gasteiger charge is -2.14. The molecule has 120 valence electrons. The maximum Gasteiger partial charge on any atom is 0.222 e. The van der Waals surface area contributed by atoms with Gasteiger partial charge < -0.3 is 14.6 Å². The molecule has 8 nitrogen and oxygen atoms in total. The minimum absolute atomic E-state index is 0.0399. The lowest BCUT2D eigenvalue weighted by molar-refractivity contribution is -0.122. The predicted molar refractivity (Wildman–Crippen MR) is 80.0 cm³/mol. The number of ether oxygens (including phenoxy) is 1. The van der Waals surface area contributed by atoms with Gasteiger partial charge in [0.25, 0.3) is 0 Å². The first-order valence-electron chi connectivity index (χ1n) is 7.25. The molecule has 0 spiro atoms. The second-order valence-corrected chi connectivity index (χ2v) is 5.20. The number of rotatable bonds is 8. The largest absolute Gasteiger partial charge is 0.383 e. The van der Waals surface area contributed by atoms with Crippen LogP contribution >= 0.6 is 0 Å². The summed E-state index contributed by atoms with van der Waals surface area (Å²) in [5.74, 6) is 0.683. The molecule has 0 saturated heterocycles. The number of carbonyl (C=O) groups is 1. The van der Waals surface area contributed by atoms with Crippen molar-refractivity contribution in [1.82, 2.24) is 29.9 Å². The molecule has 0 aliphatic rings. The summed E-state index contributed by atoms with van der Waals surface area (Å²) in [7, 11) is 1.65. The molecule has 2 aromatic rings. The van der Waals surface area contributed by atoms with Gasteiger partial charge in [0.2, 0.25) is 5.91 Å². The van der Waals surface area contributed by atoms with Crippen LogP contribution in [-0.4, -0.2) is 44.2 Å². The Morgan fingerprint density at radius 3 is 2.95 bits per heavy atom. The van der Waals surface area contributed by atoms with Crippen molar-refractivity contribution in [2.75, 3.05) is 13.7 Å². The molecular formula is C14H22N6O2. The Hall–Kier alpha value is -2.22. The second-order valence-electron chi connectivity index (χ2n) is 5.20. The first kappa shape index (κ1) is 16.2. The molecule has 0 fully saturated rings. The standard InChI is InChI=1S/C14H22N6O2/c1-11-8-16-20(9-11)5-4-13(21)17-12(2)14-18-15-10-19(14)6-7-22-3/h8-10,12H,4-7H2,1-3H3,(H,17,21)/t12-/m1/s1. The van der Waals surface area contributed by atoms with Crippen molar-refractivity contribution in [2.45, 2.75) is 39.4 Å². The van der Waals surface area contributed by atoms with Gasteiger partial charge in [-0.2, -0.15) is 5.10 Å². The third-order valence-electron chi connectivity index (χ3n) is 3.28. The number of aryl methyl sites for hydroxylation is 2. The fourth-order valence-electron chi connectivity index (χ4n) is 2.14. The molecule has 2 aromatic heterocycles. The minimum atomic E-state index is -0.203. The molecule has 0 radical (unpaired) electrons. The van der Waals surface area contributed by atoms with E-state index in [1.54, 1.807) is 24.3 Å². The van der Waals surface area contributed by atoms with Crippen LogP contribution in [0.5, 0.6) is 0 Å². The lowest BCUT2D eigenvalue weighted by atomic mass is 10.3. The van der Waals surface area contributed by atoms with Gasteiger partial charge in [-0.3, -0.25) is 9.48 Å². The number of carbonyl (C=O) groups excluding carboxylic acids is 1. The van der Waals surface area contributed by atoms with Crippen LogP contribution in [0.15, 0.2) is 18.7 Å². The highest BCUT2D eigenvalue weighted by Crippen LogP contribution is 2.09. The van der Waals surface area contributed by atoms with E-state index in [4.69, 9.17) is 4.74 Å². The highest BCUT2D eigenvalue weighted by Gasteiger charge is 2.15. The van der Waals surface area contributed by atoms with Gasteiger partial charge in [0, 0.05) is 32.8 Å². The van der Waals surface area contributed by atoms with E-state index in [1.807, 2.05) is 24.6 Å². The predicted octanol–water partition coefficient (Wildman–Crippen LogP) is 0.697. The smallest absolute Gasteiger partial charge is 0.222 e. The van der Waals surface area contributed by atoms with Crippen LogP contribution in [0, 0.1) is 6.92 Å². The molecule has 0 aliphatic carbocycles. The first-order chi connectivity index (χ1) is 10.6. The van der Waals surface area contributed by atoms with Crippen molar-refractivity contribution in [3.05, 3.63) is 30.1 Å². The van der Waals surface area contributed by atoms with E-state index in [0.29, 0.717) is 26.1 Å². The molecule has 1 N–H and O–H groups in total. The topological polar surface area (TPSA) is 86.9 Å². The summed E-state index contributed by atoms with van der Waals surface area (Å²) in [6.07, 6.45) is 5.71. The van der Waals surface area contributed by atoms with Crippen molar-refractivity contribution in [1.29, 1.82) is 0 Å². The summed E-state index contributed by atoms with van der Waals surface area (Å²) in [6.45, 7) is 5.65. The van der Waals surface area contributed by atoms with Crippen LogP contribution in [0.2, 0.25) is 0 Å². The van der Waals surface area contributed by atoms with Gasteiger partial charge in [0.05, 0.1) is 18.8 Å². The average Bonchev–Trinajstić information content (AvgIpc) is 3.11. The van der Waals surface area contributed by atoms with Gasteiger partial charge in [0.15, 0.2) is 5.82 Å². The number of hydrogen-bond acceptors (Lipinski definition) is 5. The third kappa shape index (κ3) is 4.39. The minimum Gasteiger partial charge on any atom is -0.383 e. The number of amides is 1. The molecule has 22 heavy (non-hydrogen) atoms. The number of aromatic nitrogens is 5. The maximum atomic E-state index is 12.0. The zero-order chi connectivity index (χ0) is 15.9. The van der Waals surface area contributed by atoms with Gasteiger partial charge in [0.1, 0.15) is 6.33 Å². The first-order valence-corrected chi connectivity index (χ1v) is 7.25. The molecule has 2 rings (SSSR count). The van der Waals surface area contributed by atoms with Crippen LogP contribution in [-0.2, 0) is 22.6 Å². The van der Waals surface area contributed by atoms with E-state index in [-0.39, 0.29) is 11.9 Å². The Morgan fingerprint density at radius 1 is 1.45 bits per heavy atom. The van der Waals surface area contributed by atoms with Crippen molar-refractivity contribution in [3.63, 3.8) is 0 Å². The fourth-order valence-corrected chi connectivity index (χ4v) is 2.14. The highest BCUT2D eigenvalue weighted by atomic mass is 16.5. The Balaban J connectivity index is 1.84. The zero-order valence-corrected chi connectivity index (χ0v) is 13.2. The van der Waals surface area contributed by atoms with Gasteiger partial charge in [-0.1, -0.05) is 0 Å². The normalized spacial score (nSPS) is 12.3. The van der Waals surface area contributed by atoms with E-state index in [9.17, 15) is 4.79 Å². The molecule has 0 saturated carbocycles. The summed E-state index contributed by atoms with van der Waals surface area (Å²) in [6, 6.07) is -0.203. The van der Waals surface area contributed by atoms with Gasteiger partial charge in [-0.15, -0.1) is 10.2 Å². The van der Waals surface area contributed by atoms with Crippen molar-refractivity contribution < 1.29 is 9.53 Å². The molecule has 8 heteroatoms. The Bertz CT molecular complexity index is 606. The van der Waals surface area contributed by atoms with Crippen LogP contribution in [0.1, 0.15) is 30.8 Å². The molecule has 0 aliphatic heterocycles. The summed E-state index contributed by atoms with van der Waals surface area (Å²) in [5.41, 5.74) is 1.08. The van der Waals surface area contributed by atoms with E-state index in [0.717, 1.165) is 11.4 Å². The summed E-state index contributed by atoms with van der Waals surface area (Å²) < 4.78 is 8.69. The summed E-state index contributed by atoms with van der Waals surface area (Å²) in [5, 5.41) is 15.1. The van der Waals surface area contributed by atoms with Gasteiger partial charge in [-0.25, -0.2) is 0 Å². The molecule has 1 amide bonds.